The van der Waals surface area contributed by atoms with E-state index in [0.717, 1.165) is 25.7 Å². The first-order valence-electron chi connectivity index (χ1n) is 6.42. The lowest BCUT2D eigenvalue weighted by molar-refractivity contribution is -0.201. The molecule has 0 spiro atoms. The lowest BCUT2D eigenvalue weighted by Crippen LogP contribution is -2.34. The summed E-state index contributed by atoms with van der Waals surface area (Å²) >= 11 is 0. The van der Waals surface area contributed by atoms with Crippen LogP contribution in [0.1, 0.15) is 45.4 Å². The molecule has 2 unspecified atom stereocenters. The van der Waals surface area contributed by atoms with E-state index in [1.807, 2.05) is 6.92 Å². The van der Waals surface area contributed by atoms with Gasteiger partial charge in [-0.2, -0.15) is 0 Å². The summed E-state index contributed by atoms with van der Waals surface area (Å²) in [5, 5.41) is 8.92. The third-order valence-corrected chi connectivity index (χ3v) is 2.86. The Labute approximate surface area is 107 Å². The number of hydrogen-bond donors (Lipinski definition) is 2. The molecule has 0 aromatic rings. The van der Waals surface area contributed by atoms with Crippen LogP contribution in [0.4, 0.5) is 0 Å². The Balaban J connectivity index is 2.24. The van der Waals surface area contributed by atoms with Gasteiger partial charge in [0.15, 0.2) is 6.29 Å². The maximum atomic E-state index is 11.5. The number of nitrogens with one attached hydrogen (secondary N) is 1. The second-order valence-electron chi connectivity index (χ2n) is 4.47. The molecule has 1 saturated heterocycles. The van der Waals surface area contributed by atoms with Gasteiger partial charge in [0.05, 0.1) is 5.92 Å². The molecule has 0 aromatic carbocycles. The Morgan fingerprint density at radius 2 is 2.28 bits per heavy atom. The van der Waals surface area contributed by atoms with Crippen LogP contribution >= 0.6 is 0 Å². The van der Waals surface area contributed by atoms with Crippen molar-refractivity contribution in [3.63, 3.8) is 0 Å². The number of hydroxylamine groups is 1. The minimum Gasteiger partial charge on any atom is -0.481 e. The summed E-state index contributed by atoms with van der Waals surface area (Å²) in [5.74, 6) is -2.00. The summed E-state index contributed by atoms with van der Waals surface area (Å²) in [6.07, 6.45) is 3.52. The van der Waals surface area contributed by atoms with Crippen molar-refractivity contribution in [2.45, 2.75) is 51.7 Å². The van der Waals surface area contributed by atoms with Crippen molar-refractivity contribution in [1.29, 1.82) is 0 Å². The summed E-state index contributed by atoms with van der Waals surface area (Å²) < 4.78 is 5.28. The highest BCUT2D eigenvalue weighted by atomic mass is 16.8. The number of aliphatic carboxylic acids is 1. The third kappa shape index (κ3) is 5.46. The van der Waals surface area contributed by atoms with E-state index in [1.54, 1.807) is 0 Å². The van der Waals surface area contributed by atoms with Gasteiger partial charge in [0.1, 0.15) is 0 Å². The maximum Gasteiger partial charge on any atom is 0.307 e. The quantitative estimate of drug-likeness (QED) is 0.676. The SMILES string of the molecule is CCCC(CC(=O)NOC1CCCCO1)C(=O)O. The van der Waals surface area contributed by atoms with Gasteiger partial charge in [-0.05, 0) is 19.3 Å². The van der Waals surface area contributed by atoms with Crippen LogP contribution in [-0.2, 0) is 19.2 Å². The Kier molecular flexibility index (Phi) is 6.67. The van der Waals surface area contributed by atoms with Crippen LogP contribution in [0, 0.1) is 5.92 Å². The van der Waals surface area contributed by atoms with E-state index in [2.05, 4.69) is 5.48 Å². The number of carbonyl (C=O) groups is 2. The van der Waals surface area contributed by atoms with E-state index in [0.29, 0.717) is 13.0 Å². The summed E-state index contributed by atoms with van der Waals surface area (Å²) in [5.41, 5.74) is 2.27. The number of carboxylic acids is 1. The zero-order valence-corrected chi connectivity index (χ0v) is 10.7. The molecule has 0 bridgehead atoms. The number of ether oxygens (including phenoxy) is 1. The monoisotopic (exact) mass is 259 g/mol. The Hall–Kier alpha value is -1.14. The van der Waals surface area contributed by atoms with Gasteiger partial charge in [-0.25, -0.2) is 10.3 Å². The normalized spacial score (nSPS) is 21.3. The van der Waals surface area contributed by atoms with Gasteiger partial charge in [0.25, 0.3) is 0 Å². The molecule has 1 aliphatic rings. The predicted octanol–water partition coefficient (Wildman–Crippen LogP) is 1.45. The maximum absolute atomic E-state index is 11.5. The molecular weight excluding hydrogens is 238 g/mol. The molecule has 0 saturated carbocycles. The van der Waals surface area contributed by atoms with Crippen molar-refractivity contribution < 1.29 is 24.3 Å². The smallest absolute Gasteiger partial charge is 0.307 e. The zero-order valence-electron chi connectivity index (χ0n) is 10.7. The van der Waals surface area contributed by atoms with Crippen molar-refractivity contribution in [2.24, 2.45) is 5.92 Å². The van der Waals surface area contributed by atoms with Crippen molar-refractivity contribution in [1.82, 2.24) is 5.48 Å². The number of carboxylic acid groups (broad SMARTS) is 1. The Morgan fingerprint density at radius 1 is 1.50 bits per heavy atom. The van der Waals surface area contributed by atoms with Gasteiger partial charge in [0.2, 0.25) is 5.91 Å². The molecule has 1 rings (SSSR count). The number of hydrogen-bond acceptors (Lipinski definition) is 4. The highest BCUT2D eigenvalue weighted by Crippen LogP contribution is 2.14. The molecule has 1 aliphatic heterocycles. The molecule has 0 aliphatic carbocycles. The van der Waals surface area contributed by atoms with E-state index >= 15 is 0 Å². The fourth-order valence-corrected chi connectivity index (χ4v) is 1.86. The molecule has 2 N–H and O–H groups in total. The Bertz CT molecular complexity index is 276. The van der Waals surface area contributed by atoms with Crippen LogP contribution < -0.4 is 5.48 Å². The van der Waals surface area contributed by atoms with Crippen LogP contribution in [0.5, 0.6) is 0 Å². The molecule has 1 heterocycles. The van der Waals surface area contributed by atoms with Crippen LogP contribution in [0.15, 0.2) is 0 Å². The molecule has 2 atom stereocenters. The van der Waals surface area contributed by atoms with E-state index in [9.17, 15) is 9.59 Å². The average molecular weight is 259 g/mol. The van der Waals surface area contributed by atoms with Gasteiger partial charge >= 0.3 is 5.97 Å². The Morgan fingerprint density at radius 3 is 2.83 bits per heavy atom. The van der Waals surface area contributed by atoms with Crippen molar-refractivity contribution in [3.05, 3.63) is 0 Å². The molecule has 18 heavy (non-hydrogen) atoms. The fraction of sp³-hybridized carbons (Fsp3) is 0.833. The second-order valence-corrected chi connectivity index (χ2v) is 4.47. The molecule has 6 nitrogen and oxygen atoms in total. The minimum atomic E-state index is -0.944. The summed E-state index contributed by atoms with van der Waals surface area (Å²) in [6, 6.07) is 0. The lowest BCUT2D eigenvalue weighted by Gasteiger charge is -2.22. The van der Waals surface area contributed by atoms with E-state index < -0.39 is 24.1 Å². The van der Waals surface area contributed by atoms with Gasteiger partial charge in [-0.15, -0.1) is 0 Å². The molecule has 104 valence electrons. The standard InChI is InChI=1S/C12H21NO5/c1-2-5-9(12(15)16)8-10(14)13-18-11-6-3-4-7-17-11/h9,11H,2-8H2,1H3,(H,13,14)(H,15,16). The second kappa shape index (κ2) is 8.05. The third-order valence-electron chi connectivity index (χ3n) is 2.86. The first-order valence-corrected chi connectivity index (χ1v) is 6.42. The van der Waals surface area contributed by atoms with Crippen LogP contribution in [0.2, 0.25) is 0 Å². The predicted molar refractivity (Wildman–Crippen MR) is 63.5 cm³/mol. The van der Waals surface area contributed by atoms with Crippen LogP contribution in [0.25, 0.3) is 0 Å². The van der Waals surface area contributed by atoms with Crippen molar-refractivity contribution >= 4 is 11.9 Å². The highest BCUT2D eigenvalue weighted by molar-refractivity contribution is 5.81. The number of amides is 1. The fourth-order valence-electron chi connectivity index (χ4n) is 1.86. The van der Waals surface area contributed by atoms with E-state index in [1.165, 1.54) is 0 Å². The van der Waals surface area contributed by atoms with Gasteiger partial charge in [-0.3, -0.25) is 9.59 Å². The van der Waals surface area contributed by atoms with E-state index in [4.69, 9.17) is 14.7 Å². The van der Waals surface area contributed by atoms with Crippen molar-refractivity contribution in [2.75, 3.05) is 6.61 Å². The number of rotatable bonds is 7. The van der Waals surface area contributed by atoms with Gasteiger partial charge in [-0.1, -0.05) is 13.3 Å². The topological polar surface area (TPSA) is 84.9 Å². The first kappa shape index (κ1) is 14.9. The van der Waals surface area contributed by atoms with E-state index in [-0.39, 0.29) is 6.42 Å². The van der Waals surface area contributed by atoms with Crippen LogP contribution in [0.3, 0.4) is 0 Å². The molecule has 6 heteroatoms. The highest BCUT2D eigenvalue weighted by Gasteiger charge is 2.21. The number of carbonyl (C=O) groups excluding carboxylic acids is 1. The lowest BCUT2D eigenvalue weighted by atomic mass is 10.00. The minimum absolute atomic E-state index is 0.0596. The molecule has 1 fully saturated rings. The van der Waals surface area contributed by atoms with Gasteiger partial charge < -0.3 is 9.84 Å². The summed E-state index contributed by atoms with van der Waals surface area (Å²) in [6.45, 7) is 2.52. The molecule has 0 radical (unpaired) electrons. The molecular formula is C12H21NO5. The largest absolute Gasteiger partial charge is 0.481 e. The zero-order chi connectivity index (χ0) is 13.4. The summed E-state index contributed by atoms with van der Waals surface area (Å²) in [7, 11) is 0. The van der Waals surface area contributed by atoms with Crippen LogP contribution in [-0.4, -0.2) is 29.9 Å². The molecule has 1 amide bonds. The molecule has 0 aromatic heterocycles. The summed E-state index contributed by atoms with van der Waals surface area (Å²) in [4.78, 5) is 27.5. The average Bonchev–Trinajstić information content (AvgIpc) is 2.37. The van der Waals surface area contributed by atoms with Crippen molar-refractivity contribution in [3.8, 4) is 0 Å². The van der Waals surface area contributed by atoms with Gasteiger partial charge in [0, 0.05) is 19.4 Å². The first-order chi connectivity index (χ1) is 8.63.